The first-order chi connectivity index (χ1) is 9.06. The van der Waals surface area contributed by atoms with Gasteiger partial charge >= 0.3 is 0 Å². The lowest BCUT2D eigenvalue weighted by Gasteiger charge is -2.20. The van der Waals surface area contributed by atoms with Gasteiger partial charge in [-0.05, 0) is 50.8 Å². The molecule has 0 aliphatic heterocycles. The van der Waals surface area contributed by atoms with Crippen molar-refractivity contribution in [1.29, 1.82) is 0 Å². The third kappa shape index (κ3) is 3.93. The second kappa shape index (κ2) is 6.37. The monoisotopic (exact) mass is 279 g/mol. The molecule has 0 aliphatic carbocycles. The maximum absolute atomic E-state index is 10.1. The van der Waals surface area contributed by atoms with Crippen molar-refractivity contribution in [2.75, 3.05) is 0 Å². The summed E-state index contributed by atoms with van der Waals surface area (Å²) in [6.45, 7) is 6.11. The van der Waals surface area contributed by atoms with Gasteiger partial charge in [0.1, 0.15) is 11.5 Å². The highest BCUT2D eigenvalue weighted by atomic mass is 32.1. The van der Waals surface area contributed by atoms with Gasteiger partial charge in [-0.2, -0.15) is 0 Å². The van der Waals surface area contributed by atoms with Crippen LogP contribution in [0.2, 0.25) is 0 Å². The zero-order valence-electron chi connectivity index (χ0n) is 11.6. The van der Waals surface area contributed by atoms with Crippen molar-refractivity contribution in [2.45, 2.75) is 45.4 Å². The summed E-state index contributed by atoms with van der Waals surface area (Å²) < 4.78 is 5.60. The van der Waals surface area contributed by atoms with Gasteiger partial charge in [0.2, 0.25) is 0 Å². The lowest BCUT2D eigenvalue weighted by Crippen LogP contribution is -2.30. The van der Waals surface area contributed by atoms with Gasteiger partial charge in [0.15, 0.2) is 0 Å². The highest BCUT2D eigenvalue weighted by Gasteiger charge is 2.17. The lowest BCUT2D eigenvalue weighted by atomic mass is 10.1. The van der Waals surface area contributed by atoms with Crippen LogP contribution in [0.4, 0.5) is 0 Å². The largest absolute Gasteiger partial charge is 0.465 e. The average molecular weight is 279 g/mol. The van der Waals surface area contributed by atoms with E-state index in [1.54, 1.807) is 11.3 Å². The minimum Gasteiger partial charge on any atom is -0.465 e. The van der Waals surface area contributed by atoms with Crippen LogP contribution < -0.4 is 5.32 Å². The number of thiophene rings is 1. The standard InChI is InChI=1S/C15H21NO2S/c1-10(9-13(17)15-5-4-8-19-15)16-12(3)14-7-6-11(2)18-14/h4-8,10,12-13,16-17H,9H2,1-3H3/t10-,12-,13-/m0/s1. The van der Waals surface area contributed by atoms with Crippen LogP contribution in [0.5, 0.6) is 0 Å². The Kier molecular flexibility index (Phi) is 4.80. The Morgan fingerprint density at radius 3 is 2.68 bits per heavy atom. The molecule has 2 N–H and O–H groups in total. The third-order valence-electron chi connectivity index (χ3n) is 3.17. The fraction of sp³-hybridized carbons (Fsp3) is 0.467. The van der Waals surface area contributed by atoms with Crippen molar-refractivity contribution >= 4 is 11.3 Å². The minimum atomic E-state index is -0.395. The summed E-state index contributed by atoms with van der Waals surface area (Å²) in [5.41, 5.74) is 0. The first-order valence-electron chi connectivity index (χ1n) is 6.60. The maximum Gasteiger partial charge on any atom is 0.120 e. The summed E-state index contributed by atoms with van der Waals surface area (Å²) >= 11 is 1.60. The smallest absolute Gasteiger partial charge is 0.120 e. The molecule has 2 aromatic rings. The van der Waals surface area contributed by atoms with Gasteiger partial charge in [-0.1, -0.05) is 6.07 Å². The van der Waals surface area contributed by atoms with E-state index in [1.807, 2.05) is 36.6 Å². The highest BCUT2D eigenvalue weighted by Crippen LogP contribution is 2.24. The topological polar surface area (TPSA) is 45.4 Å². The van der Waals surface area contributed by atoms with Crippen LogP contribution in [0.15, 0.2) is 34.1 Å². The molecule has 0 bridgehead atoms. The molecule has 0 saturated carbocycles. The summed E-state index contributed by atoms with van der Waals surface area (Å²) in [7, 11) is 0. The summed E-state index contributed by atoms with van der Waals surface area (Å²) in [5, 5.41) is 15.6. The van der Waals surface area contributed by atoms with Crippen LogP contribution in [0, 0.1) is 6.92 Å². The van der Waals surface area contributed by atoms with Gasteiger partial charge in [-0.25, -0.2) is 0 Å². The maximum atomic E-state index is 10.1. The van der Waals surface area contributed by atoms with E-state index in [2.05, 4.69) is 19.2 Å². The second-order valence-corrected chi connectivity index (χ2v) is 5.98. The predicted molar refractivity (Wildman–Crippen MR) is 78.4 cm³/mol. The third-order valence-corrected chi connectivity index (χ3v) is 4.14. The Labute approximate surface area is 118 Å². The molecule has 0 aliphatic rings. The molecular formula is C15H21NO2S. The van der Waals surface area contributed by atoms with Crippen molar-refractivity contribution in [3.63, 3.8) is 0 Å². The Bertz CT molecular complexity index is 492. The normalized spacial score (nSPS) is 16.2. The summed E-state index contributed by atoms with van der Waals surface area (Å²) in [6, 6.07) is 8.28. The minimum absolute atomic E-state index is 0.152. The van der Waals surface area contributed by atoms with Crippen molar-refractivity contribution in [1.82, 2.24) is 5.32 Å². The van der Waals surface area contributed by atoms with Gasteiger partial charge in [-0.15, -0.1) is 11.3 Å². The van der Waals surface area contributed by atoms with E-state index < -0.39 is 6.10 Å². The molecule has 19 heavy (non-hydrogen) atoms. The molecule has 3 nitrogen and oxygen atoms in total. The lowest BCUT2D eigenvalue weighted by molar-refractivity contribution is 0.154. The molecule has 104 valence electrons. The van der Waals surface area contributed by atoms with E-state index in [0.717, 1.165) is 16.4 Å². The molecule has 4 heteroatoms. The van der Waals surface area contributed by atoms with Crippen molar-refractivity contribution in [3.8, 4) is 0 Å². The van der Waals surface area contributed by atoms with Gasteiger partial charge in [0, 0.05) is 10.9 Å². The van der Waals surface area contributed by atoms with E-state index >= 15 is 0 Å². The fourth-order valence-electron chi connectivity index (χ4n) is 2.20. The van der Waals surface area contributed by atoms with Crippen LogP contribution in [-0.2, 0) is 0 Å². The van der Waals surface area contributed by atoms with Crippen LogP contribution in [0.3, 0.4) is 0 Å². The van der Waals surface area contributed by atoms with E-state index in [1.165, 1.54) is 0 Å². The first kappa shape index (κ1) is 14.3. The van der Waals surface area contributed by atoms with Crippen LogP contribution in [0.25, 0.3) is 0 Å². The van der Waals surface area contributed by atoms with Crippen LogP contribution in [0.1, 0.15) is 48.8 Å². The Hall–Kier alpha value is -1.10. The van der Waals surface area contributed by atoms with Crippen molar-refractivity contribution in [3.05, 3.63) is 46.0 Å². The number of rotatable bonds is 6. The number of furan rings is 1. The second-order valence-electron chi connectivity index (χ2n) is 5.00. The molecule has 3 atom stereocenters. The summed E-state index contributed by atoms with van der Waals surface area (Å²) in [6.07, 6.45) is 0.304. The van der Waals surface area contributed by atoms with Crippen LogP contribution in [-0.4, -0.2) is 11.1 Å². The number of hydrogen-bond donors (Lipinski definition) is 2. The quantitative estimate of drug-likeness (QED) is 0.845. The molecule has 0 fully saturated rings. The molecule has 0 unspecified atom stereocenters. The number of aliphatic hydroxyl groups excluding tert-OH is 1. The highest BCUT2D eigenvalue weighted by molar-refractivity contribution is 7.10. The van der Waals surface area contributed by atoms with E-state index in [4.69, 9.17) is 4.42 Å². The number of nitrogens with one attached hydrogen (secondary N) is 1. The molecular weight excluding hydrogens is 258 g/mol. The van der Waals surface area contributed by atoms with E-state index in [0.29, 0.717) is 6.42 Å². The Morgan fingerprint density at radius 1 is 1.32 bits per heavy atom. The van der Waals surface area contributed by atoms with Crippen LogP contribution >= 0.6 is 11.3 Å². The molecule has 0 aromatic carbocycles. The number of aryl methyl sites for hydroxylation is 1. The molecule has 0 spiro atoms. The molecule has 0 saturated heterocycles. The first-order valence-corrected chi connectivity index (χ1v) is 7.48. The predicted octanol–water partition coefficient (Wildman–Crippen LogP) is 3.81. The average Bonchev–Trinajstić information content (AvgIpc) is 2.98. The summed E-state index contributed by atoms with van der Waals surface area (Å²) in [4.78, 5) is 1.02. The van der Waals surface area contributed by atoms with E-state index in [9.17, 15) is 5.11 Å². The van der Waals surface area contributed by atoms with Gasteiger partial charge < -0.3 is 14.8 Å². The zero-order chi connectivity index (χ0) is 13.8. The Balaban J connectivity index is 1.85. The summed E-state index contributed by atoms with van der Waals surface area (Å²) in [5.74, 6) is 1.87. The SMILES string of the molecule is Cc1ccc([C@H](C)N[C@@H](C)C[C@H](O)c2cccs2)o1. The van der Waals surface area contributed by atoms with Gasteiger partial charge in [0.05, 0.1) is 12.1 Å². The molecule has 0 amide bonds. The van der Waals surface area contributed by atoms with Crippen molar-refractivity contribution < 1.29 is 9.52 Å². The van der Waals surface area contributed by atoms with Gasteiger partial charge in [-0.3, -0.25) is 0 Å². The zero-order valence-corrected chi connectivity index (χ0v) is 12.4. The fourth-order valence-corrected chi connectivity index (χ4v) is 2.92. The number of aliphatic hydroxyl groups is 1. The number of hydrogen-bond acceptors (Lipinski definition) is 4. The Morgan fingerprint density at radius 2 is 2.11 bits per heavy atom. The molecule has 2 rings (SSSR count). The molecule has 2 heterocycles. The van der Waals surface area contributed by atoms with Gasteiger partial charge in [0.25, 0.3) is 0 Å². The molecule has 2 aromatic heterocycles. The molecule has 0 radical (unpaired) electrons. The van der Waals surface area contributed by atoms with Crippen molar-refractivity contribution in [2.24, 2.45) is 0 Å². The van der Waals surface area contributed by atoms with E-state index in [-0.39, 0.29) is 12.1 Å².